The molecule has 0 amide bonds. The van der Waals surface area contributed by atoms with Gasteiger partial charge in [-0.15, -0.1) is 0 Å². The Balaban J connectivity index is 0.000000152. The average Bonchev–Trinajstić information content (AvgIpc) is 3.79. The Hall–Kier alpha value is -6.11. The number of nitrogens with zero attached hydrogens (tertiary/aromatic N) is 2. The van der Waals surface area contributed by atoms with Crippen LogP contribution in [0.4, 0.5) is 0 Å². The summed E-state index contributed by atoms with van der Waals surface area (Å²) >= 11 is 0. The highest BCUT2D eigenvalue weighted by Gasteiger charge is 2.17. The molecule has 0 aliphatic rings. The Morgan fingerprint density at radius 1 is 0.521 bits per heavy atom. The van der Waals surface area contributed by atoms with E-state index in [-0.39, 0.29) is 5.78 Å². The van der Waals surface area contributed by atoms with E-state index in [0.29, 0.717) is 11.6 Å². The van der Waals surface area contributed by atoms with Gasteiger partial charge >= 0.3 is 0 Å². The van der Waals surface area contributed by atoms with E-state index in [4.69, 9.17) is 0 Å². The van der Waals surface area contributed by atoms with Gasteiger partial charge in [-0.2, -0.15) is 0 Å². The summed E-state index contributed by atoms with van der Waals surface area (Å²) in [7, 11) is 0. The van der Waals surface area contributed by atoms with E-state index in [1.165, 1.54) is 6.92 Å². The number of aromatic nitrogens is 4. The zero-order chi connectivity index (χ0) is 33.0. The van der Waals surface area contributed by atoms with Gasteiger partial charge in [-0.05, 0) is 29.2 Å². The molecule has 1 atom stereocenters. The summed E-state index contributed by atoms with van der Waals surface area (Å²) < 4.78 is 0. The number of nitrogens with one attached hydrogen (secondary N) is 2. The number of imidazole rings is 2. The summed E-state index contributed by atoms with van der Waals surface area (Å²) in [6, 6.07) is 49.0. The van der Waals surface area contributed by atoms with Gasteiger partial charge in [0.1, 0.15) is 11.9 Å². The van der Waals surface area contributed by atoms with Gasteiger partial charge in [-0.3, -0.25) is 4.79 Å². The van der Waals surface area contributed by atoms with Crippen molar-refractivity contribution >= 4 is 27.9 Å². The van der Waals surface area contributed by atoms with Crippen LogP contribution in [0.5, 0.6) is 0 Å². The van der Waals surface area contributed by atoms with Crippen molar-refractivity contribution in [3.8, 4) is 44.5 Å². The van der Waals surface area contributed by atoms with E-state index in [2.05, 4.69) is 92.7 Å². The largest absolute Gasteiger partial charge is 0.385 e. The van der Waals surface area contributed by atoms with Crippen LogP contribution in [0, 0.1) is 0 Å². The molecule has 6 aromatic carbocycles. The lowest BCUT2D eigenvalue weighted by atomic mass is 9.98. The minimum Gasteiger partial charge on any atom is -0.385 e. The Morgan fingerprint density at radius 3 is 1.27 bits per heavy atom. The average molecular weight is 627 g/mol. The lowest BCUT2D eigenvalue weighted by Gasteiger charge is -2.07. The van der Waals surface area contributed by atoms with Gasteiger partial charge in [-0.1, -0.05) is 146 Å². The lowest BCUT2D eigenvalue weighted by Crippen LogP contribution is -1.93. The predicted molar refractivity (Wildman–Crippen MR) is 195 cm³/mol. The number of aliphatic hydroxyl groups excluding tert-OH is 1. The van der Waals surface area contributed by atoms with Crippen LogP contribution in [0.3, 0.4) is 0 Å². The molecule has 2 aromatic heterocycles. The van der Waals surface area contributed by atoms with E-state index < -0.39 is 6.10 Å². The van der Waals surface area contributed by atoms with Gasteiger partial charge in [0, 0.05) is 29.2 Å². The van der Waals surface area contributed by atoms with Crippen molar-refractivity contribution in [3.05, 3.63) is 157 Å². The van der Waals surface area contributed by atoms with Gasteiger partial charge < -0.3 is 15.1 Å². The molecule has 1 unspecified atom stereocenters. The Kier molecular flexibility index (Phi) is 8.47. The van der Waals surface area contributed by atoms with Gasteiger partial charge in [0.25, 0.3) is 0 Å². The maximum atomic E-state index is 11.8. The molecule has 0 saturated carbocycles. The van der Waals surface area contributed by atoms with Gasteiger partial charge in [0.15, 0.2) is 11.6 Å². The topological polar surface area (TPSA) is 94.7 Å². The molecular formula is C42H34N4O2. The number of aromatic amines is 2. The molecule has 234 valence electrons. The first-order valence-electron chi connectivity index (χ1n) is 15.9. The fraction of sp³-hybridized carbons (Fsp3) is 0.0714. The molecular weight excluding hydrogens is 592 g/mol. The molecule has 0 fully saturated rings. The molecule has 0 spiro atoms. The van der Waals surface area contributed by atoms with Crippen molar-refractivity contribution < 1.29 is 9.90 Å². The van der Waals surface area contributed by atoms with Crippen LogP contribution in [0.1, 0.15) is 36.4 Å². The van der Waals surface area contributed by atoms with Crippen LogP contribution in [0.2, 0.25) is 0 Å². The van der Waals surface area contributed by atoms with Crippen molar-refractivity contribution in [1.82, 2.24) is 19.9 Å². The zero-order valence-corrected chi connectivity index (χ0v) is 26.7. The number of H-pyrrole nitrogens is 2. The Morgan fingerprint density at radius 2 is 0.875 bits per heavy atom. The third kappa shape index (κ3) is 6.05. The number of Topliss-reactive ketones (excluding diaryl/α,β-unsaturated/α-hetero) is 1. The molecule has 3 N–H and O–H groups in total. The highest BCUT2D eigenvalue weighted by molar-refractivity contribution is 6.04. The van der Waals surface area contributed by atoms with E-state index in [9.17, 15) is 9.90 Å². The molecule has 8 rings (SSSR count). The second-order valence-electron chi connectivity index (χ2n) is 11.7. The Bertz CT molecular complexity index is 2170. The lowest BCUT2D eigenvalue weighted by molar-refractivity contribution is 0.100. The van der Waals surface area contributed by atoms with E-state index >= 15 is 0 Å². The number of rotatable bonds is 6. The summed E-state index contributed by atoms with van der Waals surface area (Å²) in [4.78, 5) is 27.6. The maximum Gasteiger partial charge on any atom is 0.195 e. The van der Waals surface area contributed by atoms with Crippen LogP contribution >= 0.6 is 0 Å². The maximum absolute atomic E-state index is 11.8. The number of hydrogen-bond donors (Lipinski definition) is 3. The van der Waals surface area contributed by atoms with Crippen LogP contribution in [-0.2, 0) is 0 Å². The number of benzene rings is 6. The number of fused-ring (bicyclic) bond motifs is 2. The normalized spacial score (nSPS) is 11.6. The van der Waals surface area contributed by atoms with Gasteiger partial charge in [0.05, 0.1) is 22.1 Å². The number of aliphatic hydroxyl groups is 1. The van der Waals surface area contributed by atoms with Crippen LogP contribution in [-0.4, -0.2) is 30.8 Å². The highest BCUT2D eigenvalue weighted by atomic mass is 16.3. The standard InChI is InChI=1S/C21H18N2O.C21H16N2O/c2*1-14(24)21-22-19-17(15-8-4-2-5-9-15)12-13-18(20(19)23-21)16-10-6-3-7-11-16/h2-14,24H,1H3,(H,22,23);2-13H,1H3,(H,22,23). The minimum atomic E-state index is -0.635. The van der Waals surface area contributed by atoms with E-state index in [0.717, 1.165) is 66.6 Å². The fourth-order valence-corrected chi connectivity index (χ4v) is 5.98. The van der Waals surface area contributed by atoms with Crippen molar-refractivity contribution in [2.24, 2.45) is 0 Å². The summed E-state index contributed by atoms with van der Waals surface area (Å²) in [5.74, 6) is 0.917. The second-order valence-corrected chi connectivity index (χ2v) is 11.7. The van der Waals surface area contributed by atoms with Crippen molar-refractivity contribution in [2.45, 2.75) is 20.0 Å². The molecule has 48 heavy (non-hydrogen) atoms. The predicted octanol–water partition coefficient (Wildman–Crippen LogP) is 10.0. The second kappa shape index (κ2) is 13.3. The monoisotopic (exact) mass is 626 g/mol. The SMILES string of the molecule is CC(=O)c1nc2c(-c3ccccc3)ccc(-c3ccccc3)c2[nH]1.CC(O)c1nc2c(-c3ccccc3)ccc(-c3ccccc3)c2[nH]1. The van der Waals surface area contributed by atoms with Crippen LogP contribution in [0.15, 0.2) is 146 Å². The number of carbonyl (C=O) groups excluding carboxylic acids is 1. The first-order chi connectivity index (χ1) is 23.5. The Labute approximate surface area is 278 Å². The number of ketones is 1. The van der Waals surface area contributed by atoms with Crippen molar-refractivity contribution in [1.29, 1.82) is 0 Å². The molecule has 6 nitrogen and oxygen atoms in total. The molecule has 0 aliphatic heterocycles. The molecule has 8 aromatic rings. The molecule has 6 heteroatoms. The third-order valence-corrected chi connectivity index (χ3v) is 8.38. The quantitative estimate of drug-likeness (QED) is 0.160. The molecule has 0 aliphatic carbocycles. The minimum absolute atomic E-state index is 0.0655. The first-order valence-corrected chi connectivity index (χ1v) is 15.9. The zero-order valence-electron chi connectivity index (χ0n) is 26.7. The van der Waals surface area contributed by atoms with Gasteiger partial charge in [0.2, 0.25) is 0 Å². The fourth-order valence-electron chi connectivity index (χ4n) is 5.98. The molecule has 0 radical (unpaired) electrons. The van der Waals surface area contributed by atoms with Crippen LogP contribution in [0.25, 0.3) is 66.6 Å². The van der Waals surface area contributed by atoms with Crippen LogP contribution < -0.4 is 0 Å². The first kappa shape index (κ1) is 30.5. The smallest absolute Gasteiger partial charge is 0.195 e. The van der Waals surface area contributed by atoms with E-state index in [1.807, 2.05) is 72.8 Å². The third-order valence-electron chi connectivity index (χ3n) is 8.38. The van der Waals surface area contributed by atoms with Crippen molar-refractivity contribution in [3.63, 3.8) is 0 Å². The highest BCUT2D eigenvalue weighted by Crippen LogP contribution is 2.36. The number of hydrogen-bond acceptors (Lipinski definition) is 4. The summed E-state index contributed by atoms with van der Waals surface area (Å²) in [6.45, 7) is 3.25. The van der Waals surface area contributed by atoms with Crippen molar-refractivity contribution in [2.75, 3.05) is 0 Å². The van der Waals surface area contributed by atoms with E-state index in [1.54, 1.807) is 6.92 Å². The molecule has 0 bridgehead atoms. The summed E-state index contributed by atoms with van der Waals surface area (Å²) in [5.41, 5.74) is 12.2. The summed E-state index contributed by atoms with van der Waals surface area (Å²) in [6.07, 6.45) is -0.635. The number of carbonyl (C=O) groups is 1. The van der Waals surface area contributed by atoms with Gasteiger partial charge in [-0.25, -0.2) is 9.97 Å². The molecule has 2 heterocycles. The molecule has 0 saturated heterocycles. The summed E-state index contributed by atoms with van der Waals surface area (Å²) in [5, 5.41) is 9.95.